The summed E-state index contributed by atoms with van der Waals surface area (Å²) in [5.74, 6) is -0.614. The fourth-order valence-electron chi connectivity index (χ4n) is 2.65. The van der Waals surface area contributed by atoms with Crippen molar-refractivity contribution in [2.24, 2.45) is 0 Å². The van der Waals surface area contributed by atoms with E-state index in [4.69, 9.17) is 11.0 Å². The Bertz CT molecular complexity index is 1140. The Hall–Kier alpha value is -3.93. The molecule has 0 aliphatic carbocycles. The highest BCUT2D eigenvalue weighted by Gasteiger charge is 2.30. The zero-order chi connectivity index (χ0) is 21.2. The topological polar surface area (TPSA) is 105 Å². The van der Waals surface area contributed by atoms with Gasteiger partial charge in [-0.25, -0.2) is 4.98 Å². The number of nitrogens with two attached hydrogens (primary N) is 1. The van der Waals surface area contributed by atoms with Gasteiger partial charge in [0, 0.05) is 28.6 Å². The van der Waals surface area contributed by atoms with E-state index in [0.29, 0.717) is 16.8 Å². The number of aromatic nitrogens is 2. The van der Waals surface area contributed by atoms with E-state index in [0.717, 1.165) is 12.1 Å². The molecule has 3 rings (SSSR count). The van der Waals surface area contributed by atoms with Crippen LogP contribution in [0.15, 0.2) is 48.8 Å². The average molecular weight is 397 g/mol. The third kappa shape index (κ3) is 4.32. The van der Waals surface area contributed by atoms with Crippen molar-refractivity contribution in [1.82, 2.24) is 9.97 Å². The lowest BCUT2D eigenvalue weighted by Crippen LogP contribution is -2.14. The maximum atomic E-state index is 12.9. The van der Waals surface area contributed by atoms with Crippen LogP contribution in [0.25, 0.3) is 11.1 Å². The third-order valence-electron chi connectivity index (χ3n) is 4.15. The van der Waals surface area contributed by atoms with Crippen LogP contribution >= 0.6 is 0 Å². The van der Waals surface area contributed by atoms with E-state index in [1.165, 1.54) is 24.5 Å². The Morgan fingerprint density at radius 3 is 2.62 bits per heavy atom. The summed E-state index contributed by atoms with van der Waals surface area (Å²) in [5, 5.41) is 11.7. The van der Waals surface area contributed by atoms with Crippen molar-refractivity contribution in [3.05, 3.63) is 71.2 Å². The smallest absolute Gasteiger partial charge is 0.383 e. The van der Waals surface area contributed by atoms with Crippen LogP contribution in [0.1, 0.15) is 27.2 Å². The van der Waals surface area contributed by atoms with Crippen LogP contribution in [0, 0.1) is 18.3 Å². The maximum absolute atomic E-state index is 12.9. The molecule has 6 nitrogen and oxygen atoms in total. The molecule has 0 saturated heterocycles. The van der Waals surface area contributed by atoms with E-state index in [1.54, 1.807) is 19.1 Å². The van der Waals surface area contributed by atoms with Crippen LogP contribution in [0.3, 0.4) is 0 Å². The molecule has 9 heteroatoms. The van der Waals surface area contributed by atoms with E-state index < -0.39 is 17.6 Å². The van der Waals surface area contributed by atoms with Gasteiger partial charge in [0.15, 0.2) is 0 Å². The molecule has 0 radical (unpaired) electrons. The standard InChI is InChI=1S/C20H14F3N5O/c1-11-17(14-5-13(8-24)18(25)27-9-14)7-16(10-26-11)28-19(29)12-3-2-4-15(6-12)20(21,22)23/h2-7,9-10H,1H3,(H2,25,27)(H,28,29). The van der Waals surface area contributed by atoms with Gasteiger partial charge in [0.2, 0.25) is 0 Å². The monoisotopic (exact) mass is 397 g/mol. The van der Waals surface area contributed by atoms with Gasteiger partial charge in [0.05, 0.1) is 23.0 Å². The maximum Gasteiger partial charge on any atom is 0.416 e. The number of benzene rings is 1. The number of pyridine rings is 2. The van der Waals surface area contributed by atoms with Crippen LogP contribution in [0.4, 0.5) is 24.7 Å². The van der Waals surface area contributed by atoms with Crippen LogP contribution in [0.5, 0.6) is 0 Å². The van der Waals surface area contributed by atoms with Crippen LogP contribution < -0.4 is 11.1 Å². The number of carbonyl (C=O) groups is 1. The summed E-state index contributed by atoms with van der Waals surface area (Å²) >= 11 is 0. The molecule has 2 aromatic heterocycles. The summed E-state index contributed by atoms with van der Waals surface area (Å²) in [6.07, 6.45) is -1.69. The fourth-order valence-corrected chi connectivity index (χ4v) is 2.65. The normalized spacial score (nSPS) is 11.0. The Morgan fingerprint density at radius 1 is 1.17 bits per heavy atom. The molecule has 3 N–H and O–H groups in total. The number of halogens is 3. The van der Waals surface area contributed by atoms with Crippen LogP contribution in [0.2, 0.25) is 0 Å². The first-order valence-corrected chi connectivity index (χ1v) is 8.30. The fraction of sp³-hybridized carbons (Fsp3) is 0.100. The molecule has 1 amide bonds. The minimum atomic E-state index is -4.55. The third-order valence-corrected chi connectivity index (χ3v) is 4.15. The largest absolute Gasteiger partial charge is 0.416 e. The van der Waals surface area contributed by atoms with Crippen molar-refractivity contribution < 1.29 is 18.0 Å². The molecule has 0 aliphatic heterocycles. The molecule has 0 atom stereocenters. The first-order chi connectivity index (χ1) is 13.7. The molecule has 0 spiro atoms. The van der Waals surface area contributed by atoms with Gasteiger partial charge in [-0.05, 0) is 37.3 Å². The van der Waals surface area contributed by atoms with Gasteiger partial charge >= 0.3 is 6.18 Å². The van der Waals surface area contributed by atoms with Gasteiger partial charge in [-0.15, -0.1) is 0 Å². The highest BCUT2D eigenvalue weighted by atomic mass is 19.4. The van der Waals surface area contributed by atoms with E-state index >= 15 is 0 Å². The quantitative estimate of drug-likeness (QED) is 0.690. The number of nitrogens with one attached hydrogen (secondary N) is 1. The van der Waals surface area contributed by atoms with E-state index in [1.807, 2.05) is 6.07 Å². The Labute approximate surface area is 163 Å². The van der Waals surface area contributed by atoms with Crippen molar-refractivity contribution >= 4 is 17.4 Å². The summed E-state index contributed by atoms with van der Waals surface area (Å²) in [4.78, 5) is 20.6. The Morgan fingerprint density at radius 2 is 1.93 bits per heavy atom. The number of anilines is 2. The first-order valence-electron chi connectivity index (χ1n) is 8.30. The van der Waals surface area contributed by atoms with Gasteiger partial charge in [-0.2, -0.15) is 18.4 Å². The Balaban J connectivity index is 1.91. The number of nitrogens with zero attached hydrogens (tertiary/aromatic N) is 3. The number of carbonyl (C=O) groups excluding carboxylic acids is 1. The van der Waals surface area contributed by atoms with Crippen molar-refractivity contribution in [2.75, 3.05) is 11.1 Å². The predicted molar refractivity (Wildman–Crippen MR) is 101 cm³/mol. The summed E-state index contributed by atoms with van der Waals surface area (Å²) < 4.78 is 38.6. The van der Waals surface area contributed by atoms with Crippen molar-refractivity contribution in [2.45, 2.75) is 13.1 Å². The highest BCUT2D eigenvalue weighted by Crippen LogP contribution is 2.30. The van der Waals surface area contributed by atoms with Gasteiger partial charge in [-0.3, -0.25) is 9.78 Å². The number of aryl methyl sites for hydroxylation is 1. The SMILES string of the molecule is Cc1ncc(NC(=O)c2cccc(C(F)(F)F)c2)cc1-c1cnc(N)c(C#N)c1. The lowest BCUT2D eigenvalue weighted by atomic mass is 10.0. The van der Waals surface area contributed by atoms with Gasteiger partial charge < -0.3 is 11.1 Å². The Kier molecular flexibility index (Phi) is 5.19. The molecule has 146 valence electrons. The zero-order valence-electron chi connectivity index (χ0n) is 15.1. The minimum Gasteiger partial charge on any atom is -0.383 e. The second-order valence-corrected chi connectivity index (χ2v) is 6.16. The highest BCUT2D eigenvalue weighted by molar-refractivity contribution is 6.04. The van der Waals surface area contributed by atoms with E-state index in [9.17, 15) is 18.0 Å². The predicted octanol–water partition coefficient (Wildman–Crippen LogP) is 4.18. The molecular formula is C20H14F3N5O. The second kappa shape index (κ2) is 7.59. The summed E-state index contributed by atoms with van der Waals surface area (Å²) in [6, 6.07) is 9.21. The van der Waals surface area contributed by atoms with Crippen molar-refractivity contribution in [3.63, 3.8) is 0 Å². The van der Waals surface area contributed by atoms with E-state index in [2.05, 4.69) is 15.3 Å². The second-order valence-electron chi connectivity index (χ2n) is 6.16. The molecule has 0 bridgehead atoms. The number of hydrogen-bond acceptors (Lipinski definition) is 5. The first kappa shape index (κ1) is 19.8. The molecule has 0 fully saturated rings. The number of nitriles is 1. The number of amides is 1. The number of hydrogen-bond donors (Lipinski definition) is 2. The van der Waals surface area contributed by atoms with Crippen molar-refractivity contribution in [3.8, 4) is 17.2 Å². The lowest BCUT2D eigenvalue weighted by molar-refractivity contribution is -0.137. The van der Waals surface area contributed by atoms with E-state index in [-0.39, 0.29) is 22.6 Å². The molecule has 0 unspecified atom stereocenters. The molecule has 3 aromatic rings. The van der Waals surface area contributed by atoms with Crippen molar-refractivity contribution in [1.29, 1.82) is 5.26 Å². The zero-order valence-corrected chi connectivity index (χ0v) is 15.1. The molecule has 1 aromatic carbocycles. The minimum absolute atomic E-state index is 0.0934. The summed E-state index contributed by atoms with van der Waals surface area (Å²) in [7, 11) is 0. The number of rotatable bonds is 3. The van der Waals surface area contributed by atoms with Gasteiger partial charge in [-0.1, -0.05) is 6.07 Å². The molecule has 29 heavy (non-hydrogen) atoms. The summed E-state index contributed by atoms with van der Waals surface area (Å²) in [5.41, 5.74) is 6.83. The molecular weight excluding hydrogens is 383 g/mol. The average Bonchev–Trinajstić information content (AvgIpc) is 2.69. The molecule has 2 heterocycles. The van der Waals surface area contributed by atoms with Crippen LogP contribution in [-0.4, -0.2) is 15.9 Å². The van der Waals surface area contributed by atoms with Crippen LogP contribution in [-0.2, 0) is 6.18 Å². The van der Waals surface area contributed by atoms with Gasteiger partial charge in [0.1, 0.15) is 11.9 Å². The van der Waals surface area contributed by atoms with Gasteiger partial charge in [0.25, 0.3) is 5.91 Å². The summed E-state index contributed by atoms with van der Waals surface area (Å²) in [6.45, 7) is 1.73. The molecule has 0 saturated carbocycles. The number of alkyl halides is 3. The lowest BCUT2D eigenvalue weighted by Gasteiger charge is -2.11. The number of nitrogen functional groups attached to an aromatic ring is 1. The molecule has 0 aliphatic rings.